The zero-order valence-electron chi connectivity index (χ0n) is 6.08. The third-order valence-electron chi connectivity index (χ3n) is 1.40. The quantitative estimate of drug-likeness (QED) is 0.605. The molecular formula is C8H10N2O. The Morgan fingerprint density at radius 2 is 2.36 bits per heavy atom. The minimum Gasteiger partial charge on any atom is -0.324 e. The molecule has 0 aromatic carbocycles. The Labute approximate surface area is 64.6 Å². The molecule has 3 heteroatoms. The fraction of sp³-hybridized carbons (Fsp3) is 0.125. The minimum atomic E-state index is -0.288. The number of rotatable bonds is 2. The van der Waals surface area contributed by atoms with Crippen LogP contribution in [0.3, 0.4) is 0 Å². The van der Waals surface area contributed by atoms with Crippen LogP contribution in [0.25, 0.3) is 0 Å². The first-order valence-electron chi connectivity index (χ1n) is 3.31. The molecule has 0 aliphatic heterocycles. The molecule has 1 heterocycles. The third kappa shape index (κ3) is 1.78. The van der Waals surface area contributed by atoms with Crippen molar-refractivity contribution in [2.24, 2.45) is 5.73 Å². The highest BCUT2D eigenvalue weighted by molar-refractivity contribution is 5.12. The van der Waals surface area contributed by atoms with Crippen molar-refractivity contribution in [2.75, 3.05) is 0 Å². The summed E-state index contributed by atoms with van der Waals surface area (Å²) in [4.78, 5) is 13.4. The molecule has 0 fully saturated rings. The number of H-pyrrole nitrogens is 1. The Kier molecular flexibility index (Phi) is 2.23. The standard InChI is InChI=1S/C8H10N2O/c1-2-6(9)7-4-3-5-8(11)10-7/h2-6H,1,9H2,(H,10,11)/t6-/m0/s1. The van der Waals surface area contributed by atoms with Crippen LogP contribution in [0.15, 0.2) is 35.6 Å². The van der Waals surface area contributed by atoms with E-state index in [1.165, 1.54) is 6.07 Å². The maximum Gasteiger partial charge on any atom is 0.248 e. The maximum absolute atomic E-state index is 10.8. The molecule has 11 heavy (non-hydrogen) atoms. The van der Waals surface area contributed by atoms with Gasteiger partial charge in [-0.25, -0.2) is 0 Å². The number of nitrogens with one attached hydrogen (secondary N) is 1. The Hall–Kier alpha value is -1.35. The van der Waals surface area contributed by atoms with Gasteiger partial charge in [-0.1, -0.05) is 12.1 Å². The molecular weight excluding hydrogens is 140 g/mol. The smallest absolute Gasteiger partial charge is 0.248 e. The molecule has 0 amide bonds. The molecule has 3 nitrogen and oxygen atoms in total. The van der Waals surface area contributed by atoms with Gasteiger partial charge in [-0.2, -0.15) is 0 Å². The number of pyridine rings is 1. The summed E-state index contributed by atoms with van der Waals surface area (Å²) >= 11 is 0. The van der Waals surface area contributed by atoms with Crippen molar-refractivity contribution in [1.82, 2.24) is 4.98 Å². The van der Waals surface area contributed by atoms with Gasteiger partial charge >= 0.3 is 0 Å². The van der Waals surface area contributed by atoms with Crippen LogP contribution in [0.1, 0.15) is 11.7 Å². The van der Waals surface area contributed by atoms with E-state index in [4.69, 9.17) is 5.73 Å². The Balaban J connectivity index is 3.05. The predicted molar refractivity (Wildman–Crippen MR) is 44.2 cm³/mol. The van der Waals surface area contributed by atoms with Crippen LogP contribution in [0.5, 0.6) is 0 Å². The van der Waals surface area contributed by atoms with Crippen LogP contribution < -0.4 is 11.3 Å². The molecule has 1 rings (SSSR count). The zero-order chi connectivity index (χ0) is 8.27. The van der Waals surface area contributed by atoms with Gasteiger partial charge in [-0.15, -0.1) is 6.58 Å². The number of hydrogen-bond donors (Lipinski definition) is 2. The second kappa shape index (κ2) is 3.16. The highest BCUT2D eigenvalue weighted by Crippen LogP contribution is 2.03. The molecule has 0 spiro atoms. The first kappa shape index (κ1) is 7.75. The van der Waals surface area contributed by atoms with Crippen LogP contribution in [-0.4, -0.2) is 4.98 Å². The van der Waals surface area contributed by atoms with Crippen LogP contribution in [0.2, 0.25) is 0 Å². The minimum absolute atomic E-state index is 0.139. The van der Waals surface area contributed by atoms with Gasteiger partial charge in [-0.3, -0.25) is 4.79 Å². The molecule has 0 unspecified atom stereocenters. The van der Waals surface area contributed by atoms with E-state index < -0.39 is 0 Å². The summed E-state index contributed by atoms with van der Waals surface area (Å²) in [6, 6.07) is 4.58. The van der Waals surface area contributed by atoms with Crippen molar-refractivity contribution in [1.29, 1.82) is 0 Å². The SMILES string of the molecule is C=C[C@H](N)c1cccc(=O)[nH]1. The molecule has 0 bridgehead atoms. The fourth-order valence-corrected chi connectivity index (χ4v) is 0.786. The lowest BCUT2D eigenvalue weighted by Gasteiger charge is -2.03. The van der Waals surface area contributed by atoms with Gasteiger partial charge in [0.05, 0.1) is 6.04 Å². The zero-order valence-corrected chi connectivity index (χ0v) is 6.08. The van der Waals surface area contributed by atoms with Crippen molar-refractivity contribution in [2.45, 2.75) is 6.04 Å². The van der Waals surface area contributed by atoms with Gasteiger partial charge in [0, 0.05) is 11.8 Å². The largest absolute Gasteiger partial charge is 0.324 e. The lowest BCUT2D eigenvalue weighted by atomic mass is 10.2. The number of aromatic amines is 1. The summed E-state index contributed by atoms with van der Waals surface area (Å²) in [7, 11) is 0. The molecule has 0 radical (unpaired) electrons. The Morgan fingerprint density at radius 3 is 2.91 bits per heavy atom. The monoisotopic (exact) mass is 150 g/mol. The molecule has 0 saturated carbocycles. The molecule has 3 N–H and O–H groups in total. The van der Waals surface area contributed by atoms with E-state index in [1.807, 2.05) is 0 Å². The highest BCUT2D eigenvalue weighted by atomic mass is 16.1. The Bertz CT molecular complexity index is 303. The highest BCUT2D eigenvalue weighted by Gasteiger charge is 1.99. The lowest BCUT2D eigenvalue weighted by molar-refractivity contribution is 0.855. The molecule has 1 aromatic heterocycles. The van der Waals surface area contributed by atoms with Crippen molar-refractivity contribution in [3.8, 4) is 0 Å². The van der Waals surface area contributed by atoms with E-state index in [0.717, 1.165) is 0 Å². The number of aromatic nitrogens is 1. The van der Waals surface area contributed by atoms with Gasteiger partial charge < -0.3 is 10.7 Å². The average Bonchev–Trinajstić information content (AvgIpc) is 2.03. The topological polar surface area (TPSA) is 58.9 Å². The van der Waals surface area contributed by atoms with Crippen LogP contribution in [0.4, 0.5) is 0 Å². The molecule has 1 atom stereocenters. The van der Waals surface area contributed by atoms with E-state index in [-0.39, 0.29) is 11.6 Å². The van der Waals surface area contributed by atoms with Gasteiger partial charge in [0.15, 0.2) is 0 Å². The van der Waals surface area contributed by atoms with Crippen molar-refractivity contribution < 1.29 is 0 Å². The predicted octanol–water partition coefficient (Wildman–Crippen LogP) is 0.561. The summed E-state index contributed by atoms with van der Waals surface area (Å²) < 4.78 is 0. The van der Waals surface area contributed by atoms with Crippen LogP contribution in [-0.2, 0) is 0 Å². The van der Waals surface area contributed by atoms with Crippen molar-refractivity contribution in [3.63, 3.8) is 0 Å². The van der Waals surface area contributed by atoms with Gasteiger partial charge in [0.25, 0.3) is 0 Å². The molecule has 0 aliphatic rings. The van der Waals surface area contributed by atoms with E-state index >= 15 is 0 Å². The summed E-state index contributed by atoms with van der Waals surface area (Å²) in [5.74, 6) is 0. The maximum atomic E-state index is 10.8. The summed E-state index contributed by atoms with van der Waals surface area (Å²) in [6.07, 6.45) is 1.57. The fourth-order valence-electron chi connectivity index (χ4n) is 0.786. The number of nitrogens with two attached hydrogens (primary N) is 1. The van der Waals surface area contributed by atoms with E-state index in [0.29, 0.717) is 5.69 Å². The van der Waals surface area contributed by atoms with Gasteiger partial charge in [-0.05, 0) is 6.07 Å². The number of hydrogen-bond acceptors (Lipinski definition) is 2. The van der Waals surface area contributed by atoms with Crippen molar-refractivity contribution in [3.05, 3.63) is 46.9 Å². The summed E-state index contributed by atoms with van der Waals surface area (Å²) in [5.41, 5.74) is 6.12. The van der Waals surface area contributed by atoms with Gasteiger partial charge in [0.2, 0.25) is 5.56 Å². The Morgan fingerprint density at radius 1 is 1.64 bits per heavy atom. The van der Waals surface area contributed by atoms with Gasteiger partial charge in [0.1, 0.15) is 0 Å². The van der Waals surface area contributed by atoms with E-state index in [2.05, 4.69) is 11.6 Å². The normalized spacial score (nSPS) is 12.5. The summed E-state index contributed by atoms with van der Waals surface area (Å²) in [5, 5.41) is 0. The first-order valence-corrected chi connectivity index (χ1v) is 3.31. The van der Waals surface area contributed by atoms with E-state index in [9.17, 15) is 4.79 Å². The third-order valence-corrected chi connectivity index (χ3v) is 1.40. The second-order valence-corrected chi connectivity index (χ2v) is 2.23. The summed E-state index contributed by atoms with van der Waals surface area (Å²) in [6.45, 7) is 3.52. The van der Waals surface area contributed by atoms with Crippen LogP contribution in [0, 0.1) is 0 Å². The average molecular weight is 150 g/mol. The molecule has 0 saturated heterocycles. The van der Waals surface area contributed by atoms with Crippen LogP contribution >= 0.6 is 0 Å². The molecule has 58 valence electrons. The lowest BCUT2D eigenvalue weighted by Crippen LogP contribution is -2.14. The molecule has 1 aromatic rings. The van der Waals surface area contributed by atoms with Crippen molar-refractivity contribution >= 4 is 0 Å². The van der Waals surface area contributed by atoms with E-state index in [1.54, 1.807) is 18.2 Å². The first-order chi connectivity index (χ1) is 5.24. The second-order valence-electron chi connectivity index (χ2n) is 2.23. The molecule has 0 aliphatic carbocycles.